The molecule has 0 spiro atoms. The van der Waals surface area contributed by atoms with Gasteiger partial charge in [-0.15, -0.1) is 0 Å². The molecule has 0 aromatic rings. The van der Waals surface area contributed by atoms with Gasteiger partial charge in [0, 0.05) is 26.6 Å². The molecule has 1 N–H and O–H groups in total. The van der Waals surface area contributed by atoms with Crippen LogP contribution in [-0.2, 0) is 14.3 Å². The number of methoxy groups -OCH3 is 1. The van der Waals surface area contributed by atoms with Crippen LogP contribution in [-0.4, -0.2) is 48.7 Å². The summed E-state index contributed by atoms with van der Waals surface area (Å²) in [6.07, 6.45) is 2.65. The number of aliphatic carboxylic acids is 1. The maximum Gasteiger partial charge on any atom is 0.313 e. The average Bonchev–Trinajstić information content (AvgIpc) is 2.36. The summed E-state index contributed by atoms with van der Waals surface area (Å²) in [4.78, 5) is 25.3. The van der Waals surface area contributed by atoms with E-state index in [4.69, 9.17) is 4.74 Å². The molecule has 0 radical (unpaired) electrons. The molecule has 0 aromatic carbocycles. The van der Waals surface area contributed by atoms with Crippen molar-refractivity contribution >= 4 is 11.9 Å². The number of rotatable bonds is 6. The largest absolute Gasteiger partial charge is 0.481 e. The minimum atomic E-state index is -0.930. The number of hydrogen-bond acceptors (Lipinski definition) is 3. The van der Waals surface area contributed by atoms with Crippen LogP contribution < -0.4 is 0 Å². The van der Waals surface area contributed by atoms with Crippen molar-refractivity contribution in [2.45, 2.75) is 39.5 Å². The molecule has 0 bridgehead atoms. The fourth-order valence-corrected chi connectivity index (χ4v) is 2.55. The highest BCUT2D eigenvalue weighted by Gasteiger charge is 2.43. The molecule has 1 fully saturated rings. The minimum Gasteiger partial charge on any atom is -0.481 e. The second-order valence-corrected chi connectivity index (χ2v) is 5.87. The number of nitrogens with zero attached hydrogens (tertiary/aromatic N) is 1. The molecular weight excluding hydrogens is 246 g/mol. The van der Waals surface area contributed by atoms with Crippen LogP contribution in [0.2, 0.25) is 0 Å². The number of carboxylic acids is 1. The third kappa shape index (κ3) is 4.20. The van der Waals surface area contributed by atoms with Gasteiger partial charge in [0.1, 0.15) is 5.41 Å². The van der Waals surface area contributed by atoms with Crippen molar-refractivity contribution in [2.75, 3.05) is 26.8 Å². The average molecular weight is 271 g/mol. The molecule has 1 atom stereocenters. The zero-order valence-electron chi connectivity index (χ0n) is 12.1. The molecule has 1 heterocycles. The first-order chi connectivity index (χ1) is 8.91. The highest BCUT2D eigenvalue weighted by atomic mass is 16.5. The van der Waals surface area contributed by atoms with Crippen molar-refractivity contribution in [1.82, 2.24) is 4.90 Å². The predicted octanol–water partition coefficient (Wildman–Crippen LogP) is 1.76. The molecule has 1 saturated heterocycles. The van der Waals surface area contributed by atoms with E-state index in [0.29, 0.717) is 25.3 Å². The lowest BCUT2D eigenvalue weighted by Crippen LogP contribution is -2.52. The summed E-state index contributed by atoms with van der Waals surface area (Å²) in [5.74, 6) is -0.317. The van der Waals surface area contributed by atoms with E-state index in [1.165, 1.54) is 7.11 Å². The van der Waals surface area contributed by atoms with Gasteiger partial charge in [-0.2, -0.15) is 0 Å². The van der Waals surface area contributed by atoms with Crippen molar-refractivity contribution < 1.29 is 19.4 Å². The number of amides is 1. The van der Waals surface area contributed by atoms with Crippen LogP contribution in [0.25, 0.3) is 0 Å². The van der Waals surface area contributed by atoms with E-state index in [1.807, 2.05) is 0 Å². The second-order valence-electron chi connectivity index (χ2n) is 5.87. The molecule has 5 heteroatoms. The molecule has 1 rings (SSSR count). The maximum absolute atomic E-state index is 12.1. The highest BCUT2D eigenvalue weighted by molar-refractivity contribution is 5.79. The molecule has 19 heavy (non-hydrogen) atoms. The summed E-state index contributed by atoms with van der Waals surface area (Å²) in [7, 11) is 1.50. The van der Waals surface area contributed by atoms with Crippen LogP contribution >= 0.6 is 0 Å². The highest BCUT2D eigenvalue weighted by Crippen LogP contribution is 2.31. The van der Waals surface area contributed by atoms with Crippen molar-refractivity contribution in [3.05, 3.63) is 0 Å². The summed E-state index contributed by atoms with van der Waals surface area (Å²) in [5, 5.41) is 9.42. The Bertz CT molecular complexity index is 325. The summed E-state index contributed by atoms with van der Waals surface area (Å²) < 4.78 is 5.05. The van der Waals surface area contributed by atoms with Gasteiger partial charge in [-0.05, 0) is 25.2 Å². The molecule has 1 unspecified atom stereocenters. The van der Waals surface area contributed by atoms with Gasteiger partial charge >= 0.3 is 5.97 Å². The van der Waals surface area contributed by atoms with Crippen molar-refractivity contribution in [3.8, 4) is 0 Å². The zero-order chi connectivity index (χ0) is 14.5. The molecular formula is C14H25NO4. The van der Waals surface area contributed by atoms with E-state index in [9.17, 15) is 14.7 Å². The van der Waals surface area contributed by atoms with Crippen LogP contribution in [0.1, 0.15) is 39.5 Å². The first kappa shape index (κ1) is 16.0. The SMILES string of the molecule is COCC1(C(=O)O)CCCN(C(=O)CCC(C)C)C1. The number of carbonyl (C=O) groups excluding carboxylic acids is 1. The molecule has 1 amide bonds. The van der Waals surface area contributed by atoms with E-state index in [2.05, 4.69) is 13.8 Å². The molecule has 1 aliphatic heterocycles. The van der Waals surface area contributed by atoms with Crippen LogP contribution in [0.3, 0.4) is 0 Å². The van der Waals surface area contributed by atoms with Crippen LogP contribution in [0.15, 0.2) is 0 Å². The van der Waals surface area contributed by atoms with E-state index >= 15 is 0 Å². The van der Waals surface area contributed by atoms with Gasteiger partial charge in [-0.1, -0.05) is 13.8 Å². The lowest BCUT2D eigenvalue weighted by Gasteiger charge is -2.39. The first-order valence-corrected chi connectivity index (χ1v) is 6.91. The number of ether oxygens (including phenoxy) is 1. The molecule has 0 saturated carbocycles. The summed E-state index contributed by atoms with van der Waals surface area (Å²) in [6.45, 7) is 5.25. The van der Waals surface area contributed by atoms with E-state index < -0.39 is 11.4 Å². The predicted molar refractivity (Wildman–Crippen MR) is 71.8 cm³/mol. The fourth-order valence-electron chi connectivity index (χ4n) is 2.55. The fraction of sp³-hybridized carbons (Fsp3) is 0.857. The summed E-state index contributed by atoms with van der Waals surface area (Å²) in [6, 6.07) is 0. The Morgan fingerprint density at radius 3 is 2.63 bits per heavy atom. The van der Waals surface area contributed by atoms with Gasteiger partial charge in [-0.3, -0.25) is 9.59 Å². The smallest absolute Gasteiger partial charge is 0.313 e. The Morgan fingerprint density at radius 2 is 2.11 bits per heavy atom. The normalized spacial score (nSPS) is 23.7. The first-order valence-electron chi connectivity index (χ1n) is 6.91. The number of carboxylic acid groups (broad SMARTS) is 1. The Balaban J connectivity index is 2.66. The van der Waals surface area contributed by atoms with Gasteiger partial charge < -0.3 is 14.7 Å². The van der Waals surface area contributed by atoms with Crippen molar-refractivity contribution in [1.29, 1.82) is 0 Å². The van der Waals surface area contributed by atoms with Crippen molar-refractivity contribution in [3.63, 3.8) is 0 Å². The number of piperidine rings is 1. The van der Waals surface area contributed by atoms with Crippen LogP contribution in [0, 0.1) is 11.3 Å². The van der Waals surface area contributed by atoms with E-state index in [0.717, 1.165) is 12.8 Å². The third-order valence-electron chi connectivity index (χ3n) is 3.74. The Kier molecular flexibility index (Phi) is 5.79. The number of carbonyl (C=O) groups is 2. The van der Waals surface area contributed by atoms with Gasteiger partial charge in [0.25, 0.3) is 0 Å². The number of hydrogen-bond donors (Lipinski definition) is 1. The zero-order valence-corrected chi connectivity index (χ0v) is 12.1. The lowest BCUT2D eigenvalue weighted by atomic mass is 9.80. The Hall–Kier alpha value is -1.10. The standard InChI is InChI=1S/C14H25NO4/c1-11(2)5-6-12(16)15-8-4-7-14(9-15,10-19-3)13(17)18/h11H,4-10H2,1-3H3,(H,17,18). The molecule has 0 aromatic heterocycles. The Labute approximate surface area is 114 Å². The van der Waals surface area contributed by atoms with Gasteiger partial charge in [0.2, 0.25) is 5.91 Å². The van der Waals surface area contributed by atoms with Crippen LogP contribution in [0.4, 0.5) is 0 Å². The van der Waals surface area contributed by atoms with E-state index in [-0.39, 0.29) is 19.1 Å². The Morgan fingerprint density at radius 1 is 1.42 bits per heavy atom. The second kappa shape index (κ2) is 6.89. The van der Waals surface area contributed by atoms with Gasteiger partial charge in [0.15, 0.2) is 0 Å². The van der Waals surface area contributed by atoms with Gasteiger partial charge in [0.05, 0.1) is 6.61 Å². The lowest BCUT2D eigenvalue weighted by molar-refractivity contribution is -0.159. The maximum atomic E-state index is 12.1. The van der Waals surface area contributed by atoms with Crippen molar-refractivity contribution in [2.24, 2.45) is 11.3 Å². The molecule has 0 aliphatic carbocycles. The monoisotopic (exact) mass is 271 g/mol. The summed E-state index contributed by atoms with van der Waals surface area (Å²) in [5.41, 5.74) is -0.930. The van der Waals surface area contributed by atoms with Crippen LogP contribution in [0.5, 0.6) is 0 Å². The van der Waals surface area contributed by atoms with E-state index in [1.54, 1.807) is 4.90 Å². The summed E-state index contributed by atoms with van der Waals surface area (Å²) >= 11 is 0. The third-order valence-corrected chi connectivity index (χ3v) is 3.74. The molecule has 110 valence electrons. The van der Waals surface area contributed by atoms with Gasteiger partial charge in [-0.25, -0.2) is 0 Å². The molecule has 1 aliphatic rings. The topological polar surface area (TPSA) is 66.8 Å². The quantitative estimate of drug-likeness (QED) is 0.799. The molecule has 5 nitrogen and oxygen atoms in total. The number of likely N-dealkylation sites (tertiary alicyclic amines) is 1. The minimum absolute atomic E-state index is 0.0649.